The van der Waals surface area contributed by atoms with Crippen LogP contribution in [0.3, 0.4) is 0 Å². The normalized spacial score (nSPS) is 14.0. The zero-order valence-electron chi connectivity index (χ0n) is 27.0. The lowest BCUT2D eigenvalue weighted by Crippen LogP contribution is -2.66. The molecule has 7 aromatic carbocycles. The molecule has 9 rings (SSSR count). The number of fused-ring (bicyclic) bond motifs is 5. The molecule has 1 saturated carbocycles. The predicted molar refractivity (Wildman–Crippen MR) is 205 cm³/mol. The predicted octanol–water partition coefficient (Wildman–Crippen LogP) is 10.0. The van der Waals surface area contributed by atoms with E-state index < -0.39 is 8.07 Å². The van der Waals surface area contributed by atoms with Gasteiger partial charge in [-0.3, -0.25) is 0 Å². The Bertz CT molecular complexity index is 2400. The lowest BCUT2D eigenvalue weighted by Gasteiger charge is -2.28. The maximum atomic E-state index is 6.77. The van der Waals surface area contributed by atoms with Gasteiger partial charge < -0.3 is 4.42 Å². The molecule has 0 spiro atoms. The molecule has 8 aromatic rings. The Morgan fingerprint density at radius 2 is 1.00 bits per heavy atom. The number of furan rings is 1. The summed E-state index contributed by atoms with van der Waals surface area (Å²) in [4.78, 5) is 0. The second-order valence-electron chi connectivity index (χ2n) is 13.2. The first-order valence-corrected chi connectivity index (χ1v) is 19.3. The maximum absolute atomic E-state index is 6.77. The third-order valence-corrected chi connectivity index (χ3v) is 14.7. The van der Waals surface area contributed by atoms with E-state index in [9.17, 15) is 0 Å². The number of hydrogen-bond donors (Lipinski definition) is 0. The molecule has 0 saturated heterocycles. The Kier molecular flexibility index (Phi) is 7.22. The molecule has 1 aromatic heterocycles. The molecule has 0 atom stereocenters. The van der Waals surface area contributed by atoms with Crippen LogP contribution in [0.15, 0.2) is 156 Å². The Morgan fingerprint density at radius 3 is 1.62 bits per heavy atom. The van der Waals surface area contributed by atoms with Gasteiger partial charge in [-0.15, -0.1) is 5.54 Å². The van der Waals surface area contributed by atoms with E-state index >= 15 is 0 Å². The summed E-state index contributed by atoms with van der Waals surface area (Å²) in [5.74, 6) is 4.55. The lowest BCUT2D eigenvalue weighted by molar-refractivity contribution is 0.447. The number of rotatable bonds is 4. The highest BCUT2D eigenvalue weighted by Gasteiger charge is 2.41. The van der Waals surface area contributed by atoms with E-state index in [-0.39, 0.29) is 0 Å². The van der Waals surface area contributed by atoms with Gasteiger partial charge in [0.2, 0.25) is 8.07 Å². The number of hydrogen-bond acceptors (Lipinski definition) is 1. The first-order chi connectivity index (χ1) is 23.8. The number of benzene rings is 7. The molecule has 0 N–H and O–H groups in total. The van der Waals surface area contributed by atoms with Gasteiger partial charge in [-0.1, -0.05) is 171 Å². The van der Waals surface area contributed by atoms with Gasteiger partial charge in [-0.25, -0.2) is 0 Å². The van der Waals surface area contributed by atoms with Crippen molar-refractivity contribution >= 4 is 67.1 Å². The van der Waals surface area contributed by atoms with Crippen molar-refractivity contribution in [2.75, 3.05) is 0 Å². The maximum Gasteiger partial charge on any atom is 0.233 e. The van der Waals surface area contributed by atoms with E-state index in [4.69, 9.17) is 4.42 Å². The van der Waals surface area contributed by atoms with Crippen LogP contribution in [0.1, 0.15) is 49.1 Å². The van der Waals surface area contributed by atoms with Crippen molar-refractivity contribution in [2.45, 2.75) is 38.0 Å². The minimum Gasteiger partial charge on any atom is -0.456 e. The molecule has 1 heterocycles. The second-order valence-corrected chi connectivity index (χ2v) is 16.7. The van der Waals surface area contributed by atoms with E-state index in [1.165, 1.54) is 74.8 Å². The van der Waals surface area contributed by atoms with Gasteiger partial charge in [-0.05, 0) is 62.3 Å². The summed E-state index contributed by atoms with van der Waals surface area (Å²) < 4.78 is 6.77. The van der Waals surface area contributed by atoms with Crippen LogP contribution in [0, 0.1) is 11.5 Å². The smallest absolute Gasteiger partial charge is 0.233 e. The SMILES string of the molecule is C(#C[Si](c1ccccc1)(c1ccccc1)c1cccc2c1oc1ccccc12)c1c2ccccc2c(C2CCCCC2)c2ccccc12. The fraction of sp³-hybridized carbons (Fsp3) is 0.130. The average molecular weight is 633 g/mol. The molecule has 0 radical (unpaired) electrons. The van der Waals surface area contributed by atoms with Gasteiger partial charge in [0.1, 0.15) is 11.2 Å². The lowest BCUT2D eigenvalue weighted by atomic mass is 9.78. The molecular weight excluding hydrogens is 597 g/mol. The summed E-state index contributed by atoms with van der Waals surface area (Å²) in [6.07, 6.45) is 6.49. The largest absolute Gasteiger partial charge is 0.456 e. The summed E-state index contributed by atoms with van der Waals surface area (Å²) >= 11 is 0. The minimum atomic E-state index is -3.01. The molecule has 1 aliphatic carbocycles. The van der Waals surface area contributed by atoms with Gasteiger partial charge in [0.05, 0.1) is 0 Å². The highest BCUT2D eigenvalue weighted by Crippen LogP contribution is 2.42. The van der Waals surface area contributed by atoms with Crippen LogP contribution in [-0.2, 0) is 0 Å². The highest BCUT2D eigenvalue weighted by molar-refractivity contribution is 7.17. The van der Waals surface area contributed by atoms with Gasteiger partial charge in [0.15, 0.2) is 0 Å². The monoisotopic (exact) mass is 632 g/mol. The molecule has 0 unspecified atom stereocenters. The van der Waals surface area contributed by atoms with E-state index in [1.54, 1.807) is 0 Å². The van der Waals surface area contributed by atoms with Crippen molar-refractivity contribution in [1.82, 2.24) is 0 Å². The zero-order valence-corrected chi connectivity index (χ0v) is 28.0. The Balaban J connectivity index is 1.40. The van der Waals surface area contributed by atoms with Crippen LogP contribution in [-0.4, -0.2) is 8.07 Å². The average Bonchev–Trinajstić information content (AvgIpc) is 3.55. The molecule has 1 aliphatic rings. The van der Waals surface area contributed by atoms with Crippen LogP contribution in [0.2, 0.25) is 0 Å². The molecule has 0 aliphatic heterocycles. The summed E-state index contributed by atoms with van der Waals surface area (Å²) in [7, 11) is -3.01. The summed E-state index contributed by atoms with van der Waals surface area (Å²) in [6.45, 7) is 0. The fourth-order valence-corrected chi connectivity index (χ4v) is 12.3. The molecule has 1 fully saturated rings. The summed E-state index contributed by atoms with van der Waals surface area (Å²) in [6, 6.07) is 55.0. The molecule has 0 bridgehead atoms. The highest BCUT2D eigenvalue weighted by atomic mass is 28.3. The standard InChI is InChI=1S/C46H36OSi/c1-4-17-33(18-5-1)45-40-26-12-10-23-36(40)38(37-24-11-13-27-41(37)45)31-32-48(34-19-6-2-7-20-34,35-21-8-3-9-22-35)44-30-16-28-42-39-25-14-15-29-43(39)47-46(42)44/h2-3,6-16,19-30,33H,1,4-5,17-18H2. The molecule has 0 amide bonds. The van der Waals surface area contributed by atoms with Crippen LogP contribution in [0.25, 0.3) is 43.5 Å². The topological polar surface area (TPSA) is 13.1 Å². The third-order valence-electron chi connectivity index (χ3n) is 10.6. The fourth-order valence-electron chi connectivity index (χ4n) is 8.39. The van der Waals surface area contributed by atoms with Crippen molar-refractivity contribution in [3.8, 4) is 11.5 Å². The van der Waals surface area contributed by atoms with Gasteiger partial charge in [-0.2, -0.15) is 0 Å². The molecule has 48 heavy (non-hydrogen) atoms. The van der Waals surface area contributed by atoms with Crippen LogP contribution < -0.4 is 15.6 Å². The Hall–Kier alpha value is -5.36. The quantitative estimate of drug-likeness (QED) is 0.0815. The number of para-hydroxylation sites is 2. The van der Waals surface area contributed by atoms with Crippen molar-refractivity contribution in [3.05, 3.63) is 163 Å². The van der Waals surface area contributed by atoms with Crippen LogP contribution in [0.5, 0.6) is 0 Å². The molecule has 2 heteroatoms. The minimum absolute atomic E-state index is 0.586. The molecular formula is C46H36OSi. The van der Waals surface area contributed by atoms with E-state index in [2.05, 4.69) is 163 Å². The Labute approximate surface area is 282 Å². The Morgan fingerprint density at radius 1 is 0.479 bits per heavy atom. The summed E-state index contributed by atoms with van der Waals surface area (Å²) in [5.41, 5.74) is 8.64. The van der Waals surface area contributed by atoms with Crippen LogP contribution >= 0.6 is 0 Å². The van der Waals surface area contributed by atoms with Gasteiger partial charge in [0, 0.05) is 21.5 Å². The third kappa shape index (κ3) is 4.61. The van der Waals surface area contributed by atoms with E-state index in [0.29, 0.717) is 5.92 Å². The van der Waals surface area contributed by atoms with Crippen molar-refractivity contribution in [1.29, 1.82) is 0 Å². The second kappa shape index (κ2) is 12.0. The van der Waals surface area contributed by atoms with Gasteiger partial charge in [0.25, 0.3) is 0 Å². The van der Waals surface area contributed by atoms with Crippen molar-refractivity contribution in [3.63, 3.8) is 0 Å². The molecule has 230 valence electrons. The first kappa shape index (κ1) is 28.8. The zero-order chi connectivity index (χ0) is 31.9. The van der Waals surface area contributed by atoms with Gasteiger partial charge >= 0.3 is 0 Å². The first-order valence-electron chi connectivity index (χ1n) is 17.3. The van der Waals surface area contributed by atoms with Crippen LogP contribution in [0.4, 0.5) is 0 Å². The van der Waals surface area contributed by atoms with E-state index in [1.807, 2.05) is 0 Å². The van der Waals surface area contributed by atoms with Crippen molar-refractivity contribution in [2.24, 2.45) is 0 Å². The van der Waals surface area contributed by atoms with E-state index in [0.717, 1.165) is 27.5 Å². The molecule has 1 nitrogen and oxygen atoms in total. The van der Waals surface area contributed by atoms with Crippen molar-refractivity contribution < 1.29 is 4.42 Å². The summed E-state index contributed by atoms with van der Waals surface area (Å²) in [5, 5.41) is 11.2.